The number of nitrogens with zero attached hydrogens (tertiary/aromatic N) is 1. The zero-order valence-corrected chi connectivity index (χ0v) is 11.2. The van der Waals surface area contributed by atoms with E-state index in [1.54, 1.807) is 29.5 Å². The predicted octanol–water partition coefficient (Wildman–Crippen LogP) is 3.57. The van der Waals surface area contributed by atoms with Crippen LogP contribution in [0.25, 0.3) is 0 Å². The molecule has 0 fully saturated rings. The number of thiazole rings is 1. The first-order valence-corrected chi connectivity index (χ1v) is 6.36. The maximum Gasteiger partial charge on any atom is 0.140 e. The van der Waals surface area contributed by atoms with Crippen molar-refractivity contribution in [1.82, 2.24) is 4.98 Å². The number of ether oxygens (including phenoxy) is 1. The number of anilines is 1. The Morgan fingerprint density at radius 2 is 2.18 bits per heavy atom. The molecule has 1 aromatic heterocycles. The third kappa shape index (κ3) is 2.90. The minimum absolute atomic E-state index is 0.419. The first-order chi connectivity index (χ1) is 8.06. The molecule has 2 aromatic rings. The lowest BCUT2D eigenvalue weighted by Gasteiger charge is -2.06. The van der Waals surface area contributed by atoms with Crippen LogP contribution in [0.4, 0.5) is 5.69 Å². The third-order valence-electron chi connectivity index (χ3n) is 2.38. The highest BCUT2D eigenvalue weighted by atomic mass is 35.5. The van der Waals surface area contributed by atoms with Gasteiger partial charge in [0.15, 0.2) is 0 Å². The Balaban J connectivity index is 2.09. The van der Waals surface area contributed by atoms with Crippen LogP contribution >= 0.6 is 22.9 Å². The quantitative estimate of drug-likeness (QED) is 0.866. The van der Waals surface area contributed by atoms with Crippen LogP contribution in [0.5, 0.6) is 5.75 Å². The van der Waals surface area contributed by atoms with Crippen LogP contribution in [0.2, 0.25) is 5.02 Å². The zero-order valence-electron chi connectivity index (χ0n) is 9.66. The van der Waals surface area contributed by atoms with Crippen molar-refractivity contribution >= 4 is 28.6 Å². The topological polar surface area (TPSA) is 48.1 Å². The Morgan fingerprint density at radius 3 is 2.82 bits per heavy atom. The molecule has 3 nitrogen and oxygen atoms in total. The van der Waals surface area contributed by atoms with E-state index in [9.17, 15) is 0 Å². The van der Waals surface area contributed by atoms with Gasteiger partial charge in [0.1, 0.15) is 17.4 Å². The van der Waals surface area contributed by atoms with E-state index >= 15 is 0 Å². The second kappa shape index (κ2) is 4.94. The van der Waals surface area contributed by atoms with Crippen LogP contribution in [0, 0.1) is 13.8 Å². The molecule has 0 unspecified atom stereocenters. The maximum absolute atomic E-state index is 6.00. The van der Waals surface area contributed by atoms with Gasteiger partial charge in [0.2, 0.25) is 0 Å². The average Bonchev–Trinajstić information content (AvgIpc) is 2.60. The molecule has 0 radical (unpaired) electrons. The molecule has 0 saturated carbocycles. The van der Waals surface area contributed by atoms with Crippen molar-refractivity contribution in [2.75, 3.05) is 5.73 Å². The van der Waals surface area contributed by atoms with Crippen LogP contribution in [0.15, 0.2) is 18.2 Å². The van der Waals surface area contributed by atoms with Gasteiger partial charge >= 0.3 is 0 Å². The Hall–Kier alpha value is -1.26. The van der Waals surface area contributed by atoms with Crippen molar-refractivity contribution < 1.29 is 4.74 Å². The van der Waals surface area contributed by atoms with E-state index in [4.69, 9.17) is 22.1 Å². The van der Waals surface area contributed by atoms with Gasteiger partial charge < -0.3 is 10.5 Å². The molecule has 0 bridgehead atoms. The summed E-state index contributed by atoms with van der Waals surface area (Å²) in [5.41, 5.74) is 7.36. The minimum atomic E-state index is 0.419. The summed E-state index contributed by atoms with van der Waals surface area (Å²) in [5.74, 6) is 0.595. The molecule has 1 aromatic carbocycles. The SMILES string of the molecule is Cc1nc(COc2cc(N)ccc2Cl)sc1C. The van der Waals surface area contributed by atoms with Gasteiger partial charge in [-0.3, -0.25) is 0 Å². The van der Waals surface area contributed by atoms with E-state index in [1.807, 2.05) is 13.8 Å². The number of aryl methyl sites for hydroxylation is 2. The normalized spacial score (nSPS) is 10.5. The lowest BCUT2D eigenvalue weighted by atomic mass is 10.3. The van der Waals surface area contributed by atoms with E-state index in [1.165, 1.54) is 4.88 Å². The summed E-state index contributed by atoms with van der Waals surface area (Å²) in [6, 6.07) is 5.19. The molecule has 0 saturated heterocycles. The van der Waals surface area contributed by atoms with Gasteiger partial charge in [-0.05, 0) is 26.0 Å². The molecule has 5 heteroatoms. The standard InChI is InChI=1S/C12H13ClN2OS/c1-7-8(2)17-12(15-7)6-16-11-5-9(14)3-4-10(11)13/h3-5H,6,14H2,1-2H3. The number of aromatic nitrogens is 1. The largest absolute Gasteiger partial charge is 0.485 e. The fourth-order valence-electron chi connectivity index (χ4n) is 1.37. The summed E-state index contributed by atoms with van der Waals surface area (Å²) in [7, 11) is 0. The molecular weight excluding hydrogens is 256 g/mol. The van der Waals surface area contributed by atoms with E-state index in [0.29, 0.717) is 23.1 Å². The molecule has 1 heterocycles. The van der Waals surface area contributed by atoms with Crippen molar-refractivity contribution in [1.29, 1.82) is 0 Å². The summed E-state index contributed by atoms with van der Waals surface area (Å²) in [6.07, 6.45) is 0. The first-order valence-electron chi connectivity index (χ1n) is 5.17. The highest BCUT2D eigenvalue weighted by molar-refractivity contribution is 7.11. The van der Waals surface area contributed by atoms with E-state index in [2.05, 4.69) is 4.98 Å². The lowest BCUT2D eigenvalue weighted by Crippen LogP contribution is -1.96. The van der Waals surface area contributed by atoms with Gasteiger partial charge in [-0.1, -0.05) is 11.6 Å². The minimum Gasteiger partial charge on any atom is -0.485 e. The molecule has 2 N–H and O–H groups in total. The van der Waals surface area contributed by atoms with Crippen LogP contribution in [-0.2, 0) is 6.61 Å². The van der Waals surface area contributed by atoms with E-state index in [0.717, 1.165) is 10.7 Å². The molecule has 0 amide bonds. The van der Waals surface area contributed by atoms with Gasteiger partial charge in [0.05, 0.1) is 10.7 Å². The summed E-state index contributed by atoms with van der Waals surface area (Å²) >= 11 is 7.63. The number of benzene rings is 1. The number of halogens is 1. The number of nitrogen functional groups attached to an aromatic ring is 1. The van der Waals surface area contributed by atoms with Gasteiger partial charge in [-0.15, -0.1) is 11.3 Å². The molecular formula is C12H13ClN2OS. The van der Waals surface area contributed by atoms with Crippen molar-refractivity contribution in [3.05, 3.63) is 38.8 Å². The van der Waals surface area contributed by atoms with Crippen molar-refractivity contribution in [2.24, 2.45) is 0 Å². The van der Waals surface area contributed by atoms with Crippen LogP contribution in [-0.4, -0.2) is 4.98 Å². The first kappa shape index (κ1) is 12.2. The predicted molar refractivity (Wildman–Crippen MR) is 71.8 cm³/mol. The van der Waals surface area contributed by atoms with Gasteiger partial charge in [-0.2, -0.15) is 0 Å². The summed E-state index contributed by atoms with van der Waals surface area (Å²) < 4.78 is 5.61. The van der Waals surface area contributed by atoms with Crippen molar-refractivity contribution in [3.8, 4) is 5.75 Å². The molecule has 0 atom stereocenters. The van der Waals surface area contributed by atoms with E-state index < -0.39 is 0 Å². The van der Waals surface area contributed by atoms with Crippen LogP contribution in [0.1, 0.15) is 15.6 Å². The lowest BCUT2D eigenvalue weighted by molar-refractivity contribution is 0.306. The molecule has 0 aliphatic heterocycles. The maximum atomic E-state index is 6.00. The summed E-state index contributed by atoms with van der Waals surface area (Å²) in [6.45, 7) is 4.45. The van der Waals surface area contributed by atoms with E-state index in [-0.39, 0.29) is 0 Å². The molecule has 2 rings (SSSR count). The second-order valence-electron chi connectivity index (χ2n) is 3.73. The Kier molecular flexibility index (Phi) is 3.54. The highest BCUT2D eigenvalue weighted by Crippen LogP contribution is 2.28. The Labute approximate surface area is 109 Å². The zero-order chi connectivity index (χ0) is 12.4. The van der Waals surface area contributed by atoms with Gasteiger partial charge in [0.25, 0.3) is 0 Å². The number of nitrogens with two attached hydrogens (primary N) is 1. The molecule has 17 heavy (non-hydrogen) atoms. The Bertz CT molecular complexity index is 520. The highest BCUT2D eigenvalue weighted by Gasteiger charge is 2.06. The van der Waals surface area contributed by atoms with Crippen molar-refractivity contribution in [3.63, 3.8) is 0 Å². The molecule has 0 aliphatic rings. The Morgan fingerprint density at radius 1 is 1.41 bits per heavy atom. The molecule has 90 valence electrons. The molecule has 0 spiro atoms. The van der Waals surface area contributed by atoms with Gasteiger partial charge in [-0.25, -0.2) is 4.98 Å². The third-order valence-corrected chi connectivity index (χ3v) is 3.74. The average molecular weight is 269 g/mol. The number of hydrogen-bond donors (Lipinski definition) is 1. The smallest absolute Gasteiger partial charge is 0.140 e. The number of rotatable bonds is 3. The summed E-state index contributed by atoms with van der Waals surface area (Å²) in [5, 5.41) is 1.50. The van der Waals surface area contributed by atoms with Crippen molar-refractivity contribution in [2.45, 2.75) is 20.5 Å². The fourth-order valence-corrected chi connectivity index (χ4v) is 2.39. The fraction of sp³-hybridized carbons (Fsp3) is 0.250. The summed E-state index contributed by atoms with van der Waals surface area (Å²) in [4.78, 5) is 5.61. The van der Waals surface area contributed by atoms with Gasteiger partial charge in [0, 0.05) is 16.6 Å². The van der Waals surface area contributed by atoms with Crippen LogP contribution in [0.3, 0.4) is 0 Å². The monoisotopic (exact) mass is 268 g/mol. The second-order valence-corrected chi connectivity index (χ2v) is 5.42. The number of hydrogen-bond acceptors (Lipinski definition) is 4. The van der Waals surface area contributed by atoms with Crippen LogP contribution < -0.4 is 10.5 Å². The molecule has 0 aliphatic carbocycles.